The molecule has 110 valence electrons. The van der Waals surface area contributed by atoms with Crippen molar-refractivity contribution in [3.63, 3.8) is 0 Å². The SMILES string of the molecule is Cc1nc(CCNC(=O)c2cnccc2N)cs1.Cl.Cl. The molecule has 20 heavy (non-hydrogen) atoms. The molecule has 2 heterocycles. The second kappa shape index (κ2) is 8.73. The molecule has 0 unspecified atom stereocenters. The van der Waals surface area contributed by atoms with Gasteiger partial charge in [0.1, 0.15) is 0 Å². The highest BCUT2D eigenvalue weighted by atomic mass is 35.5. The summed E-state index contributed by atoms with van der Waals surface area (Å²) in [6, 6.07) is 1.61. The van der Waals surface area contributed by atoms with E-state index in [1.165, 1.54) is 6.20 Å². The minimum absolute atomic E-state index is 0. The minimum atomic E-state index is -0.201. The summed E-state index contributed by atoms with van der Waals surface area (Å²) < 4.78 is 0. The summed E-state index contributed by atoms with van der Waals surface area (Å²) >= 11 is 1.61. The number of nitrogens with zero attached hydrogens (tertiary/aromatic N) is 2. The highest BCUT2D eigenvalue weighted by molar-refractivity contribution is 7.09. The van der Waals surface area contributed by atoms with Crippen molar-refractivity contribution in [2.75, 3.05) is 12.3 Å². The predicted molar refractivity (Wildman–Crippen MR) is 86.0 cm³/mol. The van der Waals surface area contributed by atoms with Gasteiger partial charge in [0.05, 0.1) is 16.3 Å². The zero-order chi connectivity index (χ0) is 13.0. The van der Waals surface area contributed by atoms with Gasteiger partial charge in [-0.2, -0.15) is 0 Å². The third kappa shape index (κ3) is 4.96. The molecule has 0 saturated heterocycles. The lowest BCUT2D eigenvalue weighted by Crippen LogP contribution is -2.26. The van der Waals surface area contributed by atoms with Crippen molar-refractivity contribution in [1.82, 2.24) is 15.3 Å². The monoisotopic (exact) mass is 334 g/mol. The number of carbonyl (C=O) groups is 1. The smallest absolute Gasteiger partial charge is 0.254 e. The lowest BCUT2D eigenvalue weighted by molar-refractivity contribution is 0.0954. The van der Waals surface area contributed by atoms with E-state index >= 15 is 0 Å². The van der Waals surface area contributed by atoms with E-state index in [0.717, 1.165) is 17.1 Å². The molecule has 0 aliphatic carbocycles. The second-order valence-corrected chi connectivity index (χ2v) is 4.89. The Kier molecular flexibility index (Phi) is 8.13. The molecule has 0 aromatic carbocycles. The standard InChI is InChI=1S/C12H14N4OS.2ClH/c1-8-16-9(7-18-8)2-5-15-12(17)10-6-14-4-3-11(10)13;;/h3-4,6-7H,2,5H2,1H3,(H2,13,14)(H,15,17);2*1H. The van der Waals surface area contributed by atoms with Crippen LogP contribution in [0.1, 0.15) is 21.1 Å². The number of nitrogens with two attached hydrogens (primary N) is 1. The molecule has 8 heteroatoms. The van der Waals surface area contributed by atoms with E-state index in [9.17, 15) is 4.79 Å². The first-order valence-electron chi connectivity index (χ1n) is 5.55. The Bertz CT molecular complexity index is 562. The number of halogens is 2. The van der Waals surface area contributed by atoms with E-state index in [2.05, 4.69) is 15.3 Å². The van der Waals surface area contributed by atoms with Crippen molar-refractivity contribution < 1.29 is 4.79 Å². The number of amides is 1. The molecular formula is C12H16Cl2N4OS. The van der Waals surface area contributed by atoms with Crippen LogP contribution in [0.3, 0.4) is 0 Å². The van der Waals surface area contributed by atoms with Gasteiger partial charge in [-0.05, 0) is 13.0 Å². The third-order valence-electron chi connectivity index (χ3n) is 2.43. The lowest BCUT2D eigenvalue weighted by atomic mass is 10.2. The van der Waals surface area contributed by atoms with Crippen LogP contribution in [0.2, 0.25) is 0 Å². The van der Waals surface area contributed by atoms with Gasteiger partial charge in [0.25, 0.3) is 5.91 Å². The van der Waals surface area contributed by atoms with Crippen LogP contribution in [0.15, 0.2) is 23.8 Å². The maximum atomic E-state index is 11.8. The number of aryl methyl sites for hydroxylation is 1. The Labute approximate surface area is 133 Å². The fourth-order valence-corrected chi connectivity index (χ4v) is 2.16. The van der Waals surface area contributed by atoms with Crippen LogP contribution in [0.5, 0.6) is 0 Å². The molecule has 5 nitrogen and oxygen atoms in total. The van der Waals surface area contributed by atoms with Crippen molar-refractivity contribution in [1.29, 1.82) is 0 Å². The van der Waals surface area contributed by atoms with Crippen LogP contribution < -0.4 is 11.1 Å². The van der Waals surface area contributed by atoms with Crippen LogP contribution in [0, 0.1) is 6.92 Å². The fraction of sp³-hybridized carbons (Fsp3) is 0.250. The first-order valence-corrected chi connectivity index (χ1v) is 6.43. The van der Waals surface area contributed by atoms with Crippen molar-refractivity contribution in [2.45, 2.75) is 13.3 Å². The third-order valence-corrected chi connectivity index (χ3v) is 3.26. The average Bonchev–Trinajstić information content (AvgIpc) is 2.75. The largest absolute Gasteiger partial charge is 0.398 e. The number of hydrogen-bond donors (Lipinski definition) is 2. The minimum Gasteiger partial charge on any atom is -0.398 e. The van der Waals surface area contributed by atoms with E-state index in [0.29, 0.717) is 17.8 Å². The van der Waals surface area contributed by atoms with E-state index in [1.807, 2.05) is 12.3 Å². The lowest BCUT2D eigenvalue weighted by Gasteiger charge is -2.05. The summed E-state index contributed by atoms with van der Waals surface area (Å²) in [6.45, 7) is 2.50. The van der Waals surface area contributed by atoms with E-state index < -0.39 is 0 Å². The maximum Gasteiger partial charge on any atom is 0.254 e. The average molecular weight is 335 g/mol. The van der Waals surface area contributed by atoms with E-state index in [4.69, 9.17) is 5.73 Å². The zero-order valence-corrected chi connectivity index (χ0v) is 13.3. The highest BCUT2D eigenvalue weighted by Gasteiger charge is 2.08. The van der Waals surface area contributed by atoms with E-state index in [1.54, 1.807) is 23.6 Å². The van der Waals surface area contributed by atoms with Gasteiger partial charge in [0.2, 0.25) is 0 Å². The summed E-state index contributed by atoms with van der Waals surface area (Å²) in [5.74, 6) is -0.201. The van der Waals surface area contributed by atoms with Gasteiger partial charge in [-0.25, -0.2) is 4.98 Å². The van der Waals surface area contributed by atoms with Gasteiger partial charge in [-0.3, -0.25) is 9.78 Å². The van der Waals surface area contributed by atoms with Crippen molar-refractivity contribution in [2.24, 2.45) is 0 Å². The van der Waals surface area contributed by atoms with Gasteiger partial charge in [0.15, 0.2) is 0 Å². The normalized spacial score (nSPS) is 9.25. The number of carbonyl (C=O) groups excluding carboxylic acids is 1. The van der Waals surface area contributed by atoms with Gasteiger partial charge in [-0.1, -0.05) is 0 Å². The predicted octanol–water partition coefficient (Wildman–Crippen LogP) is 2.24. The Morgan fingerprint density at radius 2 is 2.20 bits per heavy atom. The van der Waals surface area contributed by atoms with Crippen LogP contribution in [-0.4, -0.2) is 22.4 Å². The van der Waals surface area contributed by atoms with Crippen molar-refractivity contribution in [3.05, 3.63) is 40.1 Å². The quantitative estimate of drug-likeness (QED) is 0.898. The van der Waals surface area contributed by atoms with Crippen LogP contribution >= 0.6 is 36.2 Å². The molecule has 0 aliphatic rings. The molecule has 0 bridgehead atoms. The Morgan fingerprint density at radius 1 is 1.45 bits per heavy atom. The van der Waals surface area contributed by atoms with Gasteiger partial charge in [-0.15, -0.1) is 36.2 Å². The molecule has 0 atom stereocenters. The van der Waals surface area contributed by atoms with Crippen LogP contribution in [0.25, 0.3) is 0 Å². The number of thiazole rings is 1. The summed E-state index contributed by atoms with van der Waals surface area (Å²) in [5, 5.41) is 5.84. The Balaban J connectivity index is 0.00000180. The summed E-state index contributed by atoms with van der Waals surface area (Å²) in [4.78, 5) is 20.0. The topological polar surface area (TPSA) is 80.9 Å². The first-order chi connectivity index (χ1) is 8.66. The Hall–Kier alpha value is -1.37. The molecule has 3 N–H and O–H groups in total. The first kappa shape index (κ1) is 18.6. The number of anilines is 1. The molecule has 1 amide bonds. The fourth-order valence-electron chi connectivity index (χ4n) is 1.52. The molecule has 0 fully saturated rings. The molecular weight excluding hydrogens is 319 g/mol. The number of rotatable bonds is 4. The molecule has 0 aliphatic heterocycles. The number of nitrogen functional groups attached to an aromatic ring is 1. The molecule has 0 saturated carbocycles. The van der Waals surface area contributed by atoms with Gasteiger partial charge in [0, 0.05) is 36.4 Å². The molecule has 2 aromatic rings. The number of aromatic nitrogens is 2. The molecule has 0 spiro atoms. The molecule has 0 radical (unpaired) electrons. The number of hydrogen-bond acceptors (Lipinski definition) is 5. The summed E-state index contributed by atoms with van der Waals surface area (Å²) in [5.41, 5.74) is 7.54. The van der Waals surface area contributed by atoms with Crippen LogP contribution in [0.4, 0.5) is 5.69 Å². The van der Waals surface area contributed by atoms with Gasteiger partial charge >= 0.3 is 0 Å². The zero-order valence-electron chi connectivity index (χ0n) is 10.8. The van der Waals surface area contributed by atoms with Gasteiger partial charge < -0.3 is 11.1 Å². The number of nitrogens with one attached hydrogen (secondary N) is 1. The second-order valence-electron chi connectivity index (χ2n) is 3.83. The van der Waals surface area contributed by atoms with E-state index in [-0.39, 0.29) is 30.7 Å². The summed E-state index contributed by atoms with van der Waals surface area (Å²) in [6.07, 6.45) is 3.75. The molecule has 2 rings (SSSR count). The maximum absolute atomic E-state index is 11.8. The van der Waals surface area contributed by atoms with Crippen LogP contribution in [-0.2, 0) is 6.42 Å². The summed E-state index contributed by atoms with van der Waals surface area (Å²) in [7, 11) is 0. The highest BCUT2D eigenvalue weighted by Crippen LogP contribution is 2.09. The van der Waals surface area contributed by atoms with Crippen molar-refractivity contribution >= 4 is 47.7 Å². The Morgan fingerprint density at radius 3 is 2.80 bits per heavy atom. The number of pyridine rings is 1. The molecule has 2 aromatic heterocycles. The van der Waals surface area contributed by atoms with Crippen molar-refractivity contribution in [3.8, 4) is 0 Å².